The second-order valence-corrected chi connectivity index (χ2v) is 12.0. The van der Waals surface area contributed by atoms with Gasteiger partial charge in [0.2, 0.25) is 15.9 Å². The van der Waals surface area contributed by atoms with E-state index < -0.39 is 10.0 Å². The van der Waals surface area contributed by atoms with Crippen LogP contribution in [0.3, 0.4) is 0 Å². The van der Waals surface area contributed by atoms with Gasteiger partial charge in [0.25, 0.3) is 0 Å². The van der Waals surface area contributed by atoms with Gasteiger partial charge in [0.05, 0.1) is 11.4 Å². The Hall–Kier alpha value is -1.48. The van der Waals surface area contributed by atoms with Crippen LogP contribution in [0, 0.1) is 12.3 Å². The first kappa shape index (κ1) is 24.2. The second kappa shape index (κ2) is 9.98. The fourth-order valence-corrected chi connectivity index (χ4v) is 5.42. The number of hydrogen-bond acceptors (Lipinski definition) is 5. The molecule has 7 nitrogen and oxygen atoms in total. The molecule has 0 aliphatic carbocycles. The van der Waals surface area contributed by atoms with E-state index in [1.165, 1.54) is 4.31 Å². The lowest BCUT2D eigenvalue weighted by atomic mass is 9.92. The van der Waals surface area contributed by atoms with Crippen molar-refractivity contribution in [2.45, 2.75) is 39.0 Å². The molecular weight excluding hydrogens is 412 g/mol. The molecule has 2 aliphatic heterocycles. The fourth-order valence-electron chi connectivity index (χ4n) is 3.99. The molecule has 0 N–H and O–H groups in total. The SMILES string of the molecule is Cc1ccc(S(=O)(=O)N2CCN(CC(=O)N3CCN(CCC(C)(C)C)CC3)CC2)cc1. The molecular formula is C23H38N4O3S. The number of aryl methyl sites for hydroxylation is 1. The Morgan fingerprint density at radius 3 is 1.97 bits per heavy atom. The van der Waals surface area contributed by atoms with E-state index in [-0.39, 0.29) is 5.91 Å². The number of carbonyl (C=O) groups is 1. The van der Waals surface area contributed by atoms with Crippen molar-refractivity contribution in [3.63, 3.8) is 0 Å². The number of rotatable bonds is 6. The summed E-state index contributed by atoms with van der Waals surface area (Å²) in [4.78, 5) is 19.6. The van der Waals surface area contributed by atoms with Crippen molar-refractivity contribution in [2.75, 3.05) is 65.4 Å². The zero-order valence-corrected chi connectivity index (χ0v) is 20.3. The van der Waals surface area contributed by atoms with Crippen LogP contribution in [0.4, 0.5) is 0 Å². The van der Waals surface area contributed by atoms with Crippen molar-refractivity contribution < 1.29 is 13.2 Å². The first-order valence-corrected chi connectivity index (χ1v) is 12.8. The van der Waals surface area contributed by atoms with Crippen molar-refractivity contribution in [2.24, 2.45) is 5.41 Å². The zero-order valence-electron chi connectivity index (χ0n) is 19.5. The molecule has 2 heterocycles. The van der Waals surface area contributed by atoms with Crippen LogP contribution < -0.4 is 0 Å². The lowest BCUT2D eigenvalue weighted by molar-refractivity contribution is -0.134. The molecule has 1 amide bonds. The van der Waals surface area contributed by atoms with Gasteiger partial charge in [0, 0.05) is 52.4 Å². The van der Waals surface area contributed by atoms with Gasteiger partial charge in [0.1, 0.15) is 0 Å². The topological polar surface area (TPSA) is 64.2 Å². The van der Waals surface area contributed by atoms with Gasteiger partial charge in [-0.15, -0.1) is 0 Å². The van der Waals surface area contributed by atoms with E-state index in [9.17, 15) is 13.2 Å². The standard InChI is InChI=1S/C23H38N4O3S/c1-20-5-7-21(8-6-20)31(29,30)27-17-13-25(14-18-27)19-22(28)26-15-11-24(12-16-26)10-9-23(2,3)4/h5-8H,9-19H2,1-4H3. The van der Waals surface area contributed by atoms with Gasteiger partial charge in [-0.05, 0) is 37.4 Å². The molecule has 174 valence electrons. The average molecular weight is 451 g/mol. The maximum atomic E-state index is 12.8. The van der Waals surface area contributed by atoms with Crippen molar-refractivity contribution in [1.29, 1.82) is 0 Å². The number of carbonyl (C=O) groups excluding carboxylic acids is 1. The van der Waals surface area contributed by atoms with E-state index in [1.807, 2.05) is 24.0 Å². The summed E-state index contributed by atoms with van der Waals surface area (Å²) in [5.41, 5.74) is 1.37. The van der Waals surface area contributed by atoms with Crippen LogP contribution in [0.2, 0.25) is 0 Å². The third-order valence-electron chi connectivity index (χ3n) is 6.25. The van der Waals surface area contributed by atoms with Gasteiger partial charge in [-0.1, -0.05) is 38.5 Å². The minimum absolute atomic E-state index is 0.158. The Kier molecular flexibility index (Phi) is 7.78. The Morgan fingerprint density at radius 2 is 1.42 bits per heavy atom. The van der Waals surface area contributed by atoms with Gasteiger partial charge in [-0.25, -0.2) is 8.42 Å². The molecule has 3 rings (SSSR count). The molecule has 0 unspecified atom stereocenters. The van der Waals surface area contributed by atoms with E-state index in [4.69, 9.17) is 0 Å². The summed E-state index contributed by atoms with van der Waals surface area (Å²) >= 11 is 0. The monoisotopic (exact) mass is 450 g/mol. The average Bonchev–Trinajstić information content (AvgIpc) is 2.73. The summed E-state index contributed by atoms with van der Waals surface area (Å²) < 4.78 is 27.2. The molecule has 1 aromatic rings. The quantitative estimate of drug-likeness (QED) is 0.662. The lowest BCUT2D eigenvalue weighted by Crippen LogP contribution is -2.54. The summed E-state index contributed by atoms with van der Waals surface area (Å²) in [6.45, 7) is 15.6. The third kappa shape index (κ3) is 6.75. The van der Waals surface area contributed by atoms with Crippen LogP contribution in [0.15, 0.2) is 29.2 Å². The molecule has 0 atom stereocenters. The first-order chi connectivity index (χ1) is 14.5. The molecule has 0 radical (unpaired) electrons. The minimum Gasteiger partial charge on any atom is -0.339 e. The highest BCUT2D eigenvalue weighted by Gasteiger charge is 2.30. The predicted octanol–water partition coefficient (Wildman–Crippen LogP) is 1.88. The van der Waals surface area contributed by atoms with E-state index in [0.717, 1.165) is 44.7 Å². The van der Waals surface area contributed by atoms with Gasteiger partial charge in [-0.2, -0.15) is 4.31 Å². The highest BCUT2D eigenvalue weighted by Crippen LogP contribution is 2.20. The molecule has 8 heteroatoms. The fraction of sp³-hybridized carbons (Fsp3) is 0.696. The Balaban J connectivity index is 1.43. The van der Waals surface area contributed by atoms with Crippen LogP contribution in [-0.2, 0) is 14.8 Å². The number of amides is 1. The van der Waals surface area contributed by atoms with Crippen LogP contribution in [0.25, 0.3) is 0 Å². The van der Waals surface area contributed by atoms with E-state index in [0.29, 0.717) is 43.0 Å². The normalized spacial score (nSPS) is 20.2. The Bertz CT molecular complexity index is 833. The van der Waals surface area contributed by atoms with Gasteiger partial charge in [0.15, 0.2) is 0 Å². The number of sulfonamides is 1. The third-order valence-corrected chi connectivity index (χ3v) is 8.16. The van der Waals surface area contributed by atoms with Gasteiger partial charge >= 0.3 is 0 Å². The molecule has 0 saturated carbocycles. The molecule has 2 fully saturated rings. The Morgan fingerprint density at radius 1 is 0.871 bits per heavy atom. The minimum atomic E-state index is -3.47. The van der Waals surface area contributed by atoms with Crippen LogP contribution >= 0.6 is 0 Å². The van der Waals surface area contributed by atoms with Crippen LogP contribution in [-0.4, -0.2) is 98.8 Å². The lowest BCUT2D eigenvalue weighted by Gasteiger charge is -2.38. The van der Waals surface area contributed by atoms with Crippen molar-refractivity contribution >= 4 is 15.9 Å². The van der Waals surface area contributed by atoms with Crippen LogP contribution in [0.1, 0.15) is 32.8 Å². The highest BCUT2D eigenvalue weighted by atomic mass is 32.2. The zero-order chi connectivity index (χ0) is 22.6. The second-order valence-electron chi connectivity index (χ2n) is 10.0. The molecule has 1 aromatic carbocycles. The first-order valence-electron chi connectivity index (χ1n) is 11.3. The van der Waals surface area contributed by atoms with E-state index in [1.54, 1.807) is 12.1 Å². The Labute approximate surface area is 188 Å². The van der Waals surface area contributed by atoms with E-state index >= 15 is 0 Å². The highest BCUT2D eigenvalue weighted by molar-refractivity contribution is 7.89. The van der Waals surface area contributed by atoms with Crippen molar-refractivity contribution in [3.8, 4) is 0 Å². The largest absolute Gasteiger partial charge is 0.339 e. The summed E-state index contributed by atoms with van der Waals surface area (Å²) in [7, 11) is -3.47. The predicted molar refractivity (Wildman–Crippen MR) is 123 cm³/mol. The summed E-state index contributed by atoms with van der Waals surface area (Å²) in [5.74, 6) is 0.158. The number of nitrogens with zero attached hydrogens (tertiary/aromatic N) is 4. The summed E-state index contributed by atoms with van der Waals surface area (Å²) in [6.07, 6.45) is 1.16. The van der Waals surface area contributed by atoms with Crippen molar-refractivity contribution in [1.82, 2.24) is 19.0 Å². The number of hydrogen-bond donors (Lipinski definition) is 0. The molecule has 2 aliphatic rings. The maximum Gasteiger partial charge on any atom is 0.243 e. The smallest absolute Gasteiger partial charge is 0.243 e. The number of benzene rings is 1. The summed E-state index contributed by atoms with van der Waals surface area (Å²) in [6, 6.07) is 6.98. The van der Waals surface area contributed by atoms with Crippen molar-refractivity contribution in [3.05, 3.63) is 29.8 Å². The number of piperazine rings is 2. The molecule has 31 heavy (non-hydrogen) atoms. The molecule has 2 saturated heterocycles. The van der Waals surface area contributed by atoms with Gasteiger partial charge in [-0.3, -0.25) is 14.6 Å². The van der Waals surface area contributed by atoms with Gasteiger partial charge < -0.3 is 4.90 Å². The molecule has 0 aromatic heterocycles. The maximum absolute atomic E-state index is 12.8. The molecule has 0 bridgehead atoms. The van der Waals surface area contributed by atoms with Crippen LogP contribution in [0.5, 0.6) is 0 Å². The summed E-state index contributed by atoms with van der Waals surface area (Å²) in [5, 5.41) is 0. The van der Waals surface area contributed by atoms with E-state index in [2.05, 4.69) is 30.6 Å². The molecule has 0 spiro atoms.